The molecule has 1 atom stereocenters. The molecule has 0 bridgehead atoms. The zero-order valence-corrected chi connectivity index (χ0v) is 13.5. The lowest BCUT2D eigenvalue weighted by Gasteiger charge is -2.23. The molecule has 3 heterocycles. The minimum atomic E-state index is -0.678. The maximum absolute atomic E-state index is 10.2. The molecule has 2 fully saturated rings. The maximum Gasteiger partial charge on any atom is 0.322 e. The van der Waals surface area contributed by atoms with Crippen molar-refractivity contribution in [3.63, 3.8) is 0 Å². The second-order valence-corrected chi connectivity index (χ2v) is 6.49. The summed E-state index contributed by atoms with van der Waals surface area (Å²) in [5.74, 6) is 1.29. The van der Waals surface area contributed by atoms with Gasteiger partial charge in [0.15, 0.2) is 0 Å². The molecule has 3 rings (SSSR count). The topological polar surface area (TPSA) is 74.6 Å². The quantitative estimate of drug-likeness (QED) is 0.900. The fourth-order valence-corrected chi connectivity index (χ4v) is 3.10. The van der Waals surface area contributed by atoms with Crippen LogP contribution in [0.5, 0.6) is 6.01 Å². The molecule has 0 aliphatic carbocycles. The summed E-state index contributed by atoms with van der Waals surface area (Å²) in [5.41, 5.74) is -0.678. The first kappa shape index (κ1) is 15.3. The number of anilines is 2. The summed E-state index contributed by atoms with van der Waals surface area (Å²) in [6.45, 7) is 5.09. The third-order valence-electron chi connectivity index (χ3n) is 4.40. The predicted molar refractivity (Wildman–Crippen MR) is 84.5 cm³/mol. The Balaban J connectivity index is 1.86. The number of nitrogens with zero attached hydrogens (tertiary/aromatic N) is 5. The Morgan fingerprint density at radius 2 is 1.59 bits per heavy atom. The summed E-state index contributed by atoms with van der Waals surface area (Å²) >= 11 is 0. The van der Waals surface area contributed by atoms with Gasteiger partial charge in [0.2, 0.25) is 11.9 Å². The molecule has 22 heavy (non-hydrogen) atoms. The fraction of sp³-hybridized carbons (Fsp3) is 0.800. The lowest BCUT2D eigenvalue weighted by Crippen LogP contribution is -2.32. The van der Waals surface area contributed by atoms with Crippen molar-refractivity contribution in [1.82, 2.24) is 15.0 Å². The molecule has 2 saturated heterocycles. The summed E-state index contributed by atoms with van der Waals surface area (Å²) in [6, 6.07) is 0.343. The molecular formula is C15H25N5O2. The number of hydrogen-bond donors (Lipinski definition) is 1. The first-order valence-corrected chi connectivity index (χ1v) is 8.10. The van der Waals surface area contributed by atoms with Crippen LogP contribution in [0.3, 0.4) is 0 Å². The van der Waals surface area contributed by atoms with Gasteiger partial charge in [-0.3, -0.25) is 0 Å². The molecule has 7 nitrogen and oxygen atoms in total. The Kier molecular flexibility index (Phi) is 4.33. The second kappa shape index (κ2) is 6.24. The van der Waals surface area contributed by atoms with Gasteiger partial charge in [0.25, 0.3) is 0 Å². The molecule has 122 valence electrons. The Hall–Kier alpha value is -1.63. The Bertz CT molecular complexity index is 492. The summed E-state index contributed by atoms with van der Waals surface area (Å²) in [4.78, 5) is 17.6. The van der Waals surface area contributed by atoms with Crippen molar-refractivity contribution in [2.75, 3.05) is 43.1 Å². The zero-order chi connectivity index (χ0) is 15.6. The van der Waals surface area contributed by atoms with Gasteiger partial charge in [-0.25, -0.2) is 0 Å². The van der Waals surface area contributed by atoms with Gasteiger partial charge in [-0.05, 0) is 26.2 Å². The van der Waals surface area contributed by atoms with Crippen molar-refractivity contribution in [3.8, 4) is 6.01 Å². The standard InChI is InChI=1S/C15H25N5O2/c1-15(21)7-10-20(11-15)13-16-12(17-14(18-13)22-2)19-8-5-3-4-6-9-19/h21H,3-11H2,1-2H3. The van der Waals surface area contributed by atoms with E-state index >= 15 is 0 Å². The molecule has 0 spiro atoms. The number of aliphatic hydroxyl groups is 1. The van der Waals surface area contributed by atoms with E-state index in [0.29, 0.717) is 24.5 Å². The first-order chi connectivity index (χ1) is 10.6. The highest BCUT2D eigenvalue weighted by Gasteiger charge is 2.33. The molecule has 0 saturated carbocycles. The molecule has 0 radical (unpaired) electrons. The minimum absolute atomic E-state index is 0.343. The number of methoxy groups -OCH3 is 1. The van der Waals surface area contributed by atoms with Crippen LogP contribution in [0.25, 0.3) is 0 Å². The molecule has 0 amide bonds. The van der Waals surface area contributed by atoms with Crippen molar-refractivity contribution < 1.29 is 9.84 Å². The van der Waals surface area contributed by atoms with Gasteiger partial charge < -0.3 is 19.6 Å². The average molecular weight is 307 g/mol. The Labute approximate surface area is 131 Å². The van der Waals surface area contributed by atoms with E-state index in [9.17, 15) is 5.11 Å². The van der Waals surface area contributed by atoms with Crippen molar-refractivity contribution in [1.29, 1.82) is 0 Å². The van der Waals surface area contributed by atoms with Crippen LogP contribution in [0.2, 0.25) is 0 Å². The third-order valence-corrected chi connectivity index (χ3v) is 4.40. The summed E-state index contributed by atoms with van der Waals surface area (Å²) in [5, 5.41) is 10.2. The molecule has 1 N–H and O–H groups in total. The van der Waals surface area contributed by atoms with Gasteiger partial charge >= 0.3 is 6.01 Å². The highest BCUT2D eigenvalue weighted by Crippen LogP contribution is 2.26. The number of aromatic nitrogens is 3. The van der Waals surface area contributed by atoms with Gasteiger partial charge in [-0.2, -0.15) is 15.0 Å². The normalized spacial score (nSPS) is 26.1. The van der Waals surface area contributed by atoms with Crippen molar-refractivity contribution in [2.45, 2.75) is 44.6 Å². The lowest BCUT2D eigenvalue weighted by atomic mass is 10.1. The van der Waals surface area contributed by atoms with E-state index in [1.54, 1.807) is 7.11 Å². The summed E-state index contributed by atoms with van der Waals surface area (Å²) < 4.78 is 5.25. The van der Waals surface area contributed by atoms with Crippen LogP contribution in [-0.2, 0) is 0 Å². The molecule has 2 aliphatic rings. The van der Waals surface area contributed by atoms with Crippen LogP contribution in [0.15, 0.2) is 0 Å². The van der Waals surface area contributed by atoms with Gasteiger partial charge in [-0.1, -0.05) is 12.8 Å². The van der Waals surface area contributed by atoms with Crippen LogP contribution < -0.4 is 14.5 Å². The highest BCUT2D eigenvalue weighted by molar-refractivity contribution is 5.42. The van der Waals surface area contributed by atoms with Crippen molar-refractivity contribution in [3.05, 3.63) is 0 Å². The Morgan fingerprint density at radius 1 is 0.955 bits per heavy atom. The molecule has 1 aromatic heterocycles. The third kappa shape index (κ3) is 3.40. The van der Waals surface area contributed by atoms with Crippen LogP contribution in [0, 0.1) is 0 Å². The summed E-state index contributed by atoms with van der Waals surface area (Å²) in [7, 11) is 1.57. The zero-order valence-electron chi connectivity index (χ0n) is 13.5. The molecule has 1 aromatic rings. The molecule has 2 aliphatic heterocycles. The van der Waals surface area contributed by atoms with Gasteiger partial charge in [-0.15, -0.1) is 0 Å². The predicted octanol–water partition coefficient (Wildman–Crippen LogP) is 1.22. The van der Waals surface area contributed by atoms with Gasteiger partial charge in [0.05, 0.1) is 12.7 Å². The van der Waals surface area contributed by atoms with Gasteiger partial charge in [0.1, 0.15) is 0 Å². The number of ether oxygens (including phenoxy) is 1. The van der Waals surface area contributed by atoms with Gasteiger partial charge in [0, 0.05) is 26.2 Å². The van der Waals surface area contributed by atoms with E-state index in [2.05, 4.69) is 19.9 Å². The minimum Gasteiger partial charge on any atom is -0.467 e. The number of rotatable bonds is 3. The fourth-order valence-electron chi connectivity index (χ4n) is 3.10. The molecule has 1 unspecified atom stereocenters. The highest BCUT2D eigenvalue weighted by atomic mass is 16.5. The first-order valence-electron chi connectivity index (χ1n) is 8.10. The van der Waals surface area contributed by atoms with Crippen LogP contribution in [0.1, 0.15) is 39.0 Å². The maximum atomic E-state index is 10.2. The average Bonchev–Trinajstić information content (AvgIpc) is 2.73. The van der Waals surface area contributed by atoms with E-state index in [-0.39, 0.29) is 0 Å². The van der Waals surface area contributed by atoms with Crippen LogP contribution in [0.4, 0.5) is 11.9 Å². The molecule has 7 heteroatoms. The molecule has 0 aromatic carbocycles. The second-order valence-electron chi connectivity index (χ2n) is 6.49. The van der Waals surface area contributed by atoms with E-state index < -0.39 is 5.60 Å². The smallest absolute Gasteiger partial charge is 0.322 e. The SMILES string of the molecule is COc1nc(N2CCCCCC2)nc(N2CCC(C)(O)C2)n1. The van der Waals surface area contributed by atoms with Crippen molar-refractivity contribution in [2.24, 2.45) is 0 Å². The lowest BCUT2D eigenvalue weighted by molar-refractivity contribution is 0.0838. The van der Waals surface area contributed by atoms with E-state index in [0.717, 1.165) is 26.1 Å². The molecular weight excluding hydrogens is 282 g/mol. The monoisotopic (exact) mass is 307 g/mol. The largest absolute Gasteiger partial charge is 0.467 e. The van der Waals surface area contributed by atoms with E-state index in [4.69, 9.17) is 4.74 Å². The van der Waals surface area contributed by atoms with Crippen LogP contribution in [-0.4, -0.2) is 58.9 Å². The van der Waals surface area contributed by atoms with Crippen molar-refractivity contribution >= 4 is 11.9 Å². The summed E-state index contributed by atoms with van der Waals surface area (Å²) in [6.07, 6.45) is 5.59. The Morgan fingerprint density at radius 3 is 2.14 bits per heavy atom. The van der Waals surface area contributed by atoms with Crippen LogP contribution >= 0.6 is 0 Å². The number of hydrogen-bond acceptors (Lipinski definition) is 7. The van der Waals surface area contributed by atoms with E-state index in [1.165, 1.54) is 25.7 Å². The number of β-amino-alcohol motifs (C(OH)–C–C–N with tert-alkyl or cyclic N) is 1. The van der Waals surface area contributed by atoms with E-state index in [1.807, 2.05) is 11.8 Å².